The Bertz CT molecular complexity index is 1380. The van der Waals surface area contributed by atoms with Crippen LogP contribution in [-0.2, 0) is 19.6 Å². The maximum atomic E-state index is 13.3. The molecule has 12 heteroatoms. The number of hydrogen-bond acceptors (Lipinski definition) is 8. The van der Waals surface area contributed by atoms with Crippen molar-refractivity contribution in [3.05, 3.63) is 64.9 Å². The first-order valence-electron chi connectivity index (χ1n) is 13.1. The lowest BCUT2D eigenvalue weighted by Crippen LogP contribution is -2.53. The Balaban J connectivity index is 1.62. The van der Waals surface area contributed by atoms with E-state index in [0.717, 1.165) is 5.56 Å². The molecule has 11 nitrogen and oxygen atoms in total. The van der Waals surface area contributed by atoms with E-state index in [2.05, 4.69) is 5.32 Å². The Morgan fingerprint density at radius 3 is 2.25 bits per heavy atom. The van der Waals surface area contributed by atoms with Crippen LogP contribution in [-0.4, -0.2) is 95.1 Å². The van der Waals surface area contributed by atoms with Crippen molar-refractivity contribution in [1.82, 2.24) is 19.4 Å². The van der Waals surface area contributed by atoms with E-state index in [4.69, 9.17) is 14.2 Å². The monoisotopic (exact) mass is 572 g/mol. The first-order valence-corrected chi connectivity index (χ1v) is 14.5. The van der Waals surface area contributed by atoms with Crippen LogP contribution in [0.25, 0.3) is 0 Å². The average Bonchev–Trinajstić information content (AvgIpc) is 2.95. The lowest BCUT2D eigenvalue weighted by Gasteiger charge is -2.39. The molecular formula is C28H36N4O7S. The summed E-state index contributed by atoms with van der Waals surface area (Å²) in [7, 11) is 1.03. The normalized spacial score (nSPS) is 18.9. The number of benzene rings is 2. The van der Waals surface area contributed by atoms with E-state index in [9.17, 15) is 18.0 Å². The van der Waals surface area contributed by atoms with Crippen LogP contribution in [0.5, 0.6) is 11.5 Å². The number of nitrogens with zero attached hydrogens (tertiary/aromatic N) is 3. The number of esters is 1. The van der Waals surface area contributed by atoms with Gasteiger partial charge in [-0.15, -0.1) is 0 Å². The van der Waals surface area contributed by atoms with Crippen LogP contribution < -0.4 is 14.8 Å². The van der Waals surface area contributed by atoms with E-state index in [-0.39, 0.29) is 37.2 Å². The van der Waals surface area contributed by atoms with Crippen molar-refractivity contribution >= 4 is 22.0 Å². The Morgan fingerprint density at radius 1 is 1.00 bits per heavy atom. The molecule has 2 aromatic rings. The molecule has 40 heavy (non-hydrogen) atoms. The first kappa shape index (κ1) is 29.4. The number of rotatable bonds is 9. The minimum absolute atomic E-state index is 0.168. The number of ether oxygens (including phenoxy) is 3. The van der Waals surface area contributed by atoms with Crippen molar-refractivity contribution in [2.75, 3.05) is 60.6 Å². The van der Waals surface area contributed by atoms with Gasteiger partial charge in [0.1, 0.15) is 0 Å². The zero-order chi connectivity index (χ0) is 29.0. The third-order valence-electron chi connectivity index (χ3n) is 7.18. The second-order valence-corrected chi connectivity index (χ2v) is 11.6. The van der Waals surface area contributed by atoms with Gasteiger partial charge in [0.25, 0.3) is 0 Å². The molecule has 2 aromatic carbocycles. The minimum atomic E-state index is -3.62. The molecule has 1 fully saturated rings. The highest BCUT2D eigenvalue weighted by Gasteiger charge is 2.38. The van der Waals surface area contributed by atoms with E-state index < -0.39 is 22.0 Å². The Kier molecular flexibility index (Phi) is 9.02. The number of aryl methyl sites for hydroxylation is 1. The Morgan fingerprint density at radius 2 is 1.65 bits per heavy atom. The summed E-state index contributed by atoms with van der Waals surface area (Å²) < 4.78 is 44.0. The van der Waals surface area contributed by atoms with Crippen LogP contribution in [0.2, 0.25) is 0 Å². The second-order valence-electron chi connectivity index (χ2n) is 9.63. The molecule has 0 spiro atoms. The van der Waals surface area contributed by atoms with Gasteiger partial charge >= 0.3 is 12.0 Å². The quantitative estimate of drug-likeness (QED) is 0.456. The van der Waals surface area contributed by atoms with Crippen molar-refractivity contribution in [3.8, 4) is 11.5 Å². The molecule has 0 aromatic heterocycles. The highest BCUT2D eigenvalue weighted by atomic mass is 32.2. The summed E-state index contributed by atoms with van der Waals surface area (Å²) in [5, 5.41) is 2.90. The van der Waals surface area contributed by atoms with Crippen molar-refractivity contribution in [2.45, 2.75) is 24.8 Å². The topological polar surface area (TPSA) is 118 Å². The number of methoxy groups -OCH3 is 2. The van der Waals surface area contributed by atoms with Gasteiger partial charge in [-0.2, -0.15) is 4.31 Å². The largest absolute Gasteiger partial charge is 0.493 e. The summed E-state index contributed by atoms with van der Waals surface area (Å²) in [6.45, 7) is 5.50. The molecule has 1 atom stereocenters. The number of urea groups is 1. The minimum Gasteiger partial charge on any atom is -0.493 e. The molecule has 2 aliphatic heterocycles. The van der Waals surface area contributed by atoms with Crippen molar-refractivity contribution < 1.29 is 32.2 Å². The summed E-state index contributed by atoms with van der Waals surface area (Å²) in [5.74, 6) is 0.444. The number of piperazine rings is 1. The number of amides is 2. The number of hydrogen-bond donors (Lipinski definition) is 1. The molecule has 0 bridgehead atoms. The molecule has 2 aliphatic rings. The third kappa shape index (κ3) is 5.93. The lowest BCUT2D eigenvalue weighted by molar-refractivity contribution is -0.139. The maximum Gasteiger partial charge on any atom is 0.338 e. The SMILES string of the molecule is CCOC(=O)C1=C(CN2CCN(S(=O)(=O)c3ccc(C)cc3)CC2)N(C)C(=O)N[C@@H]1c1ccc(OC)c(OC)c1. The highest BCUT2D eigenvalue weighted by molar-refractivity contribution is 7.89. The zero-order valence-electron chi connectivity index (χ0n) is 23.5. The van der Waals surface area contributed by atoms with Gasteiger partial charge in [-0.3, -0.25) is 9.80 Å². The van der Waals surface area contributed by atoms with Crippen LogP contribution in [0.3, 0.4) is 0 Å². The average molecular weight is 573 g/mol. The fraction of sp³-hybridized carbons (Fsp3) is 0.429. The summed E-state index contributed by atoms with van der Waals surface area (Å²) in [4.78, 5) is 30.1. The molecule has 2 amide bonds. The van der Waals surface area contributed by atoms with E-state index in [0.29, 0.717) is 41.4 Å². The van der Waals surface area contributed by atoms with Gasteiger partial charge in [-0.1, -0.05) is 23.8 Å². The molecule has 2 heterocycles. The predicted molar refractivity (Wildman–Crippen MR) is 149 cm³/mol. The smallest absolute Gasteiger partial charge is 0.338 e. The van der Waals surface area contributed by atoms with Gasteiger partial charge in [0, 0.05) is 45.5 Å². The molecular weight excluding hydrogens is 536 g/mol. The third-order valence-corrected chi connectivity index (χ3v) is 9.09. The number of carbonyl (C=O) groups excluding carboxylic acids is 2. The van der Waals surface area contributed by atoms with Gasteiger partial charge in [0.05, 0.1) is 37.3 Å². The number of carbonyl (C=O) groups is 2. The molecule has 1 saturated heterocycles. The van der Waals surface area contributed by atoms with Crippen molar-refractivity contribution in [3.63, 3.8) is 0 Å². The van der Waals surface area contributed by atoms with E-state index in [1.165, 1.54) is 23.4 Å². The molecule has 0 unspecified atom stereocenters. The maximum absolute atomic E-state index is 13.3. The number of nitrogens with one attached hydrogen (secondary N) is 1. The molecule has 4 rings (SSSR count). The second kappa shape index (κ2) is 12.3. The number of likely N-dealkylation sites (N-methyl/N-ethyl adjacent to an activating group) is 1. The van der Waals surface area contributed by atoms with Gasteiger partial charge < -0.3 is 19.5 Å². The molecule has 0 aliphatic carbocycles. The zero-order valence-corrected chi connectivity index (χ0v) is 24.3. The van der Waals surface area contributed by atoms with Crippen molar-refractivity contribution in [2.24, 2.45) is 0 Å². The van der Waals surface area contributed by atoms with Crippen LogP contribution in [0.1, 0.15) is 24.1 Å². The van der Waals surface area contributed by atoms with Crippen LogP contribution in [0, 0.1) is 6.92 Å². The summed E-state index contributed by atoms with van der Waals surface area (Å²) >= 11 is 0. The molecule has 0 saturated carbocycles. The van der Waals surface area contributed by atoms with Gasteiger partial charge in [-0.25, -0.2) is 18.0 Å². The van der Waals surface area contributed by atoms with Crippen molar-refractivity contribution in [1.29, 1.82) is 0 Å². The summed E-state index contributed by atoms with van der Waals surface area (Å²) in [6.07, 6.45) is 0. The van der Waals surface area contributed by atoms with E-state index >= 15 is 0 Å². The van der Waals surface area contributed by atoms with Crippen LogP contribution in [0.15, 0.2) is 58.6 Å². The van der Waals surface area contributed by atoms with E-state index in [1.807, 2.05) is 11.8 Å². The fourth-order valence-corrected chi connectivity index (χ4v) is 6.30. The molecule has 216 valence electrons. The van der Waals surface area contributed by atoms with Crippen LogP contribution in [0.4, 0.5) is 4.79 Å². The number of sulfonamides is 1. The van der Waals surface area contributed by atoms with Gasteiger partial charge in [0.15, 0.2) is 11.5 Å². The van der Waals surface area contributed by atoms with Crippen LogP contribution >= 0.6 is 0 Å². The lowest BCUT2D eigenvalue weighted by atomic mass is 9.94. The van der Waals surface area contributed by atoms with Gasteiger partial charge in [0.2, 0.25) is 10.0 Å². The van der Waals surface area contributed by atoms with Gasteiger partial charge in [-0.05, 0) is 43.7 Å². The molecule has 1 N–H and O–H groups in total. The standard InChI is InChI=1S/C28H36N4O7S/c1-6-39-27(33)25-22(30(3)28(34)29-26(25)20-9-12-23(37-4)24(17-20)38-5)18-31-13-15-32(16-14-31)40(35,36)21-10-7-19(2)8-11-21/h7-12,17,26H,6,13-16,18H2,1-5H3,(H,29,34)/t26-/m1/s1. The summed E-state index contributed by atoms with van der Waals surface area (Å²) in [5.41, 5.74) is 2.43. The Hall–Kier alpha value is -3.61. The molecule has 0 radical (unpaired) electrons. The fourth-order valence-electron chi connectivity index (χ4n) is 4.88. The predicted octanol–water partition coefficient (Wildman–Crippen LogP) is 2.53. The summed E-state index contributed by atoms with van der Waals surface area (Å²) in [6, 6.07) is 10.9. The Labute approximate surface area is 235 Å². The first-order chi connectivity index (χ1) is 19.1. The highest BCUT2D eigenvalue weighted by Crippen LogP contribution is 2.36. The van der Waals surface area contributed by atoms with E-state index in [1.54, 1.807) is 56.4 Å².